The van der Waals surface area contributed by atoms with Crippen LogP contribution in [0.5, 0.6) is 0 Å². The molecule has 0 aromatic heterocycles. The quantitative estimate of drug-likeness (QED) is 0.765. The third-order valence-electron chi connectivity index (χ3n) is 2.65. The normalized spacial score (nSPS) is 25.1. The van der Waals surface area contributed by atoms with Gasteiger partial charge in [0.25, 0.3) is 0 Å². The zero-order valence-corrected chi connectivity index (χ0v) is 10.1. The van der Waals surface area contributed by atoms with Gasteiger partial charge in [0.05, 0.1) is 12.5 Å². The lowest BCUT2D eigenvalue weighted by Crippen LogP contribution is -2.46. The van der Waals surface area contributed by atoms with Crippen molar-refractivity contribution in [3.63, 3.8) is 0 Å². The first kappa shape index (κ1) is 12.8. The molecule has 0 aliphatic carbocycles. The van der Waals surface area contributed by atoms with Crippen LogP contribution in [0.1, 0.15) is 13.3 Å². The van der Waals surface area contributed by atoms with E-state index in [1.165, 1.54) is 0 Å². The SMILES string of the molecule is COC(C)CN1CCSCC1CC(=O)O. The van der Waals surface area contributed by atoms with Crippen LogP contribution in [0.2, 0.25) is 0 Å². The first-order chi connectivity index (χ1) is 7.13. The highest BCUT2D eigenvalue weighted by Crippen LogP contribution is 2.19. The van der Waals surface area contributed by atoms with Crippen molar-refractivity contribution < 1.29 is 14.6 Å². The molecule has 0 spiro atoms. The molecule has 5 heteroatoms. The Morgan fingerprint density at radius 3 is 3.07 bits per heavy atom. The molecule has 0 radical (unpaired) electrons. The van der Waals surface area contributed by atoms with Gasteiger partial charge in [-0.05, 0) is 6.92 Å². The van der Waals surface area contributed by atoms with Crippen LogP contribution in [-0.2, 0) is 9.53 Å². The van der Waals surface area contributed by atoms with Crippen LogP contribution < -0.4 is 0 Å². The van der Waals surface area contributed by atoms with Gasteiger partial charge in [-0.3, -0.25) is 9.69 Å². The van der Waals surface area contributed by atoms with Crippen LogP contribution in [0.15, 0.2) is 0 Å². The molecule has 4 nitrogen and oxygen atoms in total. The number of methoxy groups -OCH3 is 1. The summed E-state index contributed by atoms with van der Waals surface area (Å²) in [5, 5.41) is 8.81. The molecule has 1 fully saturated rings. The molecular formula is C10H19NO3S. The highest BCUT2D eigenvalue weighted by atomic mass is 32.2. The molecule has 1 rings (SSSR count). The number of hydrogen-bond donors (Lipinski definition) is 1. The average Bonchev–Trinajstić information content (AvgIpc) is 2.20. The lowest BCUT2D eigenvalue weighted by atomic mass is 10.2. The lowest BCUT2D eigenvalue weighted by molar-refractivity contribution is -0.138. The van der Waals surface area contributed by atoms with E-state index in [-0.39, 0.29) is 18.6 Å². The minimum absolute atomic E-state index is 0.166. The van der Waals surface area contributed by atoms with Gasteiger partial charge in [-0.15, -0.1) is 0 Å². The third-order valence-corrected chi connectivity index (χ3v) is 3.75. The number of rotatable bonds is 5. The van der Waals surface area contributed by atoms with Gasteiger partial charge in [0, 0.05) is 37.7 Å². The van der Waals surface area contributed by atoms with Crippen LogP contribution in [-0.4, -0.2) is 59.8 Å². The number of hydrogen-bond acceptors (Lipinski definition) is 4. The van der Waals surface area contributed by atoms with Crippen molar-refractivity contribution >= 4 is 17.7 Å². The molecule has 1 N–H and O–H groups in total. The van der Waals surface area contributed by atoms with E-state index in [1.807, 2.05) is 18.7 Å². The summed E-state index contributed by atoms with van der Waals surface area (Å²) in [5.41, 5.74) is 0. The largest absolute Gasteiger partial charge is 0.481 e. The van der Waals surface area contributed by atoms with E-state index in [2.05, 4.69) is 4.90 Å². The number of thioether (sulfide) groups is 1. The predicted molar refractivity (Wildman–Crippen MR) is 61.4 cm³/mol. The fraction of sp³-hybridized carbons (Fsp3) is 0.900. The molecule has 0 bridgehead atoms. The van der Waals surface area contributed by atoms with Gasteiger partial charge in [0.15, 0.2) is 0 Å². The Labute approximate surface area is 95.0 Å². The van der Waals surface area contributed by atoms with Gasteiger partial charge >= 0.3 is 5.97 Å². The fourth-order valence-corrected chi connectivity index (χ4v) is 2.85. The van der Waals surface area contributed by atoms with Crippen LogP contribution in [0, 0.1) is 0 Å². The summed E-state index contributed by atoms with van der Waals surface area (Å²) >= 11 is 1.84. The number of carboxylic acid groups (broad SMARTS) is 1. The first-order valence-electron chi connectivity index (χ1n) is 5.20. The molecule has 15 heavy (non-hydrogen) atoms. The van der Waals surface area contributed by atoms with Crippen LogP contribution in [0.25, 0.3) is 0 Å². The number of carbonyl (C=O) groups is 1. The second-order valence-electron chi connectivity index (χ2n) is 3.87. The van der Waals surface area contributed by atoms with Crippen LogP contribution in [0.4, 0.5) is 0 Å². The summed E-state index contributed by atoms with van der Waals surface area (Å²) in [6.07, 6.45) is 0.410. The molecule has 1 aliphatic heterocycles. The minimum Gasteiger partial charge on any atom is -0.481 e. The highest BCUT2D eigenvalue weighted by Gasteiger charge is 2.25. The number of ether oxygens (including phenoxy) is 1. The lowest BCUT2D eigenvalue weighted by Gasteiger charge is -2.35. The van der Waals surface area contributed by atoms with Crippen LogP contribution >= 0.6 is 11.8 Å². The van der Waals surface area contributed by atoms with E-state index < -0.39 is 5.97 Å². The van der Waals surface area contributed by atoms with Crippen molar-refractivity contribution in [1.29, 1.82) is 0 Å². The molecule has 0 aromatic carbocycles. The molecule has 2 atom stereocenters. The zero-order valence-electron chi connectivity index (χ0n) is 9.31. The number of nitrogens with zero attached hydrogens (tertiary/aromatic N) is 1. The van der Waals surface area contributed by atoms with E-state index in [4.69, 9.17) is 9.84 Å². The van der Waals surface area contributed by atoms with E-state index in [0.717, 1.165) is 24.6 Å². The van der Waals surface area contributed by atoms with Gasteiger partial charge in [0.2, 0.25) is 0 Å². The Morgan fingerprint density at radius 2 is 2.47 bits per heavy atom. The topological polar surface area (TPSA) is 49.8 Å². The smallest absolute Gasteiger partial charge is 0.304 e. The van der Waals surface area contributed by atoms with E-state index in [1.54, 1.807) is 7.11 Å². The number of carboxylic acids is 1. The van der Waals surface area contributed by atoms with Crippen molar-refractivity contribution in [3.05, 3.63) is 0 Å². The molecule has 1 saturated heterocycles. The summed E-state index contributed by atoms with van der Waals surface area (Å²) in [7, 11) is 1.69. The second-order valence-corrected chi connectivity index (χ2v) is 5.02. The van der Waals surface area contributed by atoms with Crippen molar-refractivity contribution in [2.24, 2.45) is 0 Å². The van der Waals surface area contributed by atoms with Crippen molar-refractivity contribution in [1.82, 2.24) is 4.90 Å². The maximum Gasteiger partial charge on any atom is 0.304 e. The summed E-state index contributed by atoms with van der Waals surface area (Å²) in [4.78, 5) is 12.9. The Kier molecular flexibility index (Phi) is 5.42. The monoisotopic (exact) mass is 233 g/mol. The molecule has 0 amide bonds. The van der Waals surface area contributed by atoms with Gasteiger partial charge in [0.1, 0.15) is 0 Å². The maximum atomic E-state index is 10.7. The molecule has 1 heterocycles. The Morgan fingerprint density at radius 1 is 1.73 bits per heavy atom. The average molecular weight is 233 g/mol. The summed E-state index contributed by atoms with van der Waals surface area (Å²) < 4.78 is 5.21. The predicted octanol–water partition coefficient (Wildman–Crippen LogP) is 0.913. The standard InChI is InChI=1S/C10H19NO3S/c1-8(14-2)6-11-3-4-15-7-9(11)5-10(12)13/h8-9H,3-7H2,1-2H3,(H,12,13). The molecule has 2 unspecified atom stereocenters. The molecule has 0 saturated carbocycles. The molecule has 1 aliphatic rings. The highest BCUT2D eigenvalue weighted by molar-refractivity contribution is 7.99. The Hall–Kier alpha value is -0.260. The van der Waals surface area contributed by atoms with E-state index in [0.29, 0.717) is 0 Å². The molecule has 0 aromatic rings. The maximum absolute atomic E-state index is 10.7. The number of aliphatic carboxylic acids is 1. The van der Waals surface area contributed by atoms with Crippen molar-refractivity contribution in [3.8, 4) is 0 Å². The molecular weight excluding hydrogens is 214 g/mol. The molecule has 88 valence electrons. The van der Waals surface area contributed by atoms with Gasteiger partial charge < -0.3 is 9.84 Å². The van der Waals surface area contributed by atoms with E-state index in [9.17, 15) is 4.79 Å². The third kappa shape index (κ3) is 4.40. The summed E-state index contributed by atoms with van der Waals surface area (Å²) in [6, 6.07) is 0.166. The fourth-order valence-electron chi connectivity index (χ4n) is 1.72. The zero-order chi connectivity index (χ0) is 11.3. The second kappa shape index (κ2) is 6.35. The van der Waals surface area contributed by atoms with Crippen molar-refractivity contribution in [2.75, 3.05) is 31.7 Å². The van der Waals surface area contributed by atoms with Gasteiger partial charge in [-0.1, -0.05) is 0 Å². The summed E-state index contributed by atoms with van der Waals surface area (Å²) in [6.45, 7) is 3.81. The first-order valence-corrected chi connectivity index (χ1v) is 6.35. The van der Waals surface area contributed by atoms with E-state index >= 15 is 0 Å². The van der Waals surface area contributed by atoms with Crippen LogP contribution in [0.3, 0.4) is 0 Å². The van der Waals surface area contributed by atoms with Gasteiger partial charge in [-0.2, -0.15) is 11.8 Å². The Balaban J connectivity index is 2.45. The minimum atomic E-state index is -0.711. The van der Waals surface area contributed by atoms with Crippen molar-refractivity contribution in [2.45, 2.75) is 25.5 Å². The van der Waals surface area contributed by atoms with Gasteiger partial charge in [-0.25, -0.2) is 0 Å². The Bertz CT molecular complexity index is 213. The summed E-state index contributed by atoms with van der Waals surface area (Å²) in [5.74, 6) is 1.30.